The number of hydrogen-bond acceptors (Lipinski definition) is 3. The highest BCUT2D eigenvalue weighted by Gasteiger charge is 2.20. The van der Waals surface area contributed by atoms with Crippen molar-refractivity contribution >= 4 is 0 Å². The van der Waals surface area contributed by atoms with Crippen molar-refractivity contribution in [2.75, 3.05) is 26.4 Å². The van der Waals surface area contributed by atoms with Crippen molar-refractivity contribution in [1.29, 1.82) is 0 Å². The Morgan fingerprint density at radius 3 is 2.75 bits per heavy atom. The van der Waals surface area contributed by atoms with Gasteiger partial charge in [-0.1, -0.05) is 24.3 Å². The van der Waals surface area contributed by atoms with Crippen LogP contribution >= 0.6 is 0 Å². The summed E-state index contributed by atoms with van der Waals surface area (Å²) in [6.45, 7) is 4.41. The standard InChI is InChI=1S/C17H25NO2/c1-2-4-16(13-20-12-14-8-10-19-11-14)15(3-1)7-9-18-17-5-6-17/h1-4,14,17-18H,5-13H2. The fourth-order valence-electron chi connectivity index (χ4n) is 2.69. The van der Waals surface area contributed by atoms with Crippen LogP contribution in [0.3, 0.4) is 0 Å². The minimum absolute atomic E-state index is 0.596. The summed E-state index contributed by atoms with van der Waals surface area (Å²) in [6, 6.07) is 9.44. The first-order chi connectivity index (χ1) is 9.92. The topological polar surface area (TPSA) is 30.5 Å². The van der Waals surface area contributed by atoms with E-state index >= 15 is 0 Å². The number of rotatable bonds is 8. The van der Waals surface area contributed by atoms with Crippen LogP contribution in [0.1, 0.15) is 30.4 Å². The largest absolute Gasteiger partial charge is 0.381 e. The number of benzene rings is 1. The molecule has 0 spiro atoms. The number of hydrogen-bond donors (Lipinski definition) is 1. The molecule has 0 aromatic heterocycles. The second kappa shape index (κ2) is 7.21. The molecule has 1 aliphatic carbocycles. The minimum atomic E-state index is 0.596. The Morgan fingerprint density at radius 1 is 1.15 bits per heavy atom. The molecule has 0 bridgehead atoms. The highest BCUT2D eigenvalue weighted by Crippen LogP contribution is 2.19. The van der Waals surface area contributed by atoms with E-state index in [0.29, 0.717) is 5.92 Å². The quantitative estimate of drug-likeness (QED) is 0.791. The third-order valence-corrected chi connectivity index (χ3v) is 4.16. The Bertz CT molecular complexity index is 411. The Balaban J connectivity index is 1.43. The molecule has 1 N–H and O–H groups in total. The van der Waals surface area contributed by atoms with Gasteiger partial charge in [0.2, 0.25) is 0 Å². The normalized spacial score (nSPS) is 22.3. The van der Waals surface area contributed by atoms with Crippen molar-refractivity contribution in [2.45, 2.75) is 38.3 Å². The van der Waals surface area contributed by atoms with Gasteiger partial charge >= 0.3 is 0 Å². The van der Waals surface area contributed by atoms with Gasteiger partial charge in [0.05, 0.1) is 19.8 Å². The summed E-state index contributed by atoms with van der Waals surface area (Å²) in [5, 5.41) is 3.58. The molecule has 1 unspecified atom stereocenters. The van der Waals surface area contributed by atoms with Crippen LogP contribution in [0, 0.1) is 5.92 Å². The SMILES string of the molecule is c1ccc(COCC2CCOC2)c(CCNC2CC2)c1. The van der Waals surface area contributed by atoms with Crippen LogP contribution in [0.2, 0.25) is 0 Å². The van der Waals surface area contributed by atoms with Crippen molar-refractivity contribution in [3.05, 3.63) is 35.4 Å². The molecule has 1 aromatic rings. The summed E-state index contributed by atoms with van der Waals surface area (Å²) in [5.41, 5.74) is 2.76. The molecular formula is C17H25NO2. The van der Waals surface area contributed by atoms with Gasteiger partial charge in [0.1, 0.15) is 0 Å². The van der Waals surface area contributed by atoms with Crippen LogP contribution in [-0.2, 0) is 22.5 Å². The van der Waals surface area contributed by atoms with E-state index in [-0.39, 0.29) is 0 Å². The maximum absolute atomic E-state index is 5.88. The Kier molecular flexibility index (Phi) is 5.06. The van der Waals surface area contributed by atoms with Gasteiger partial charge in [-0.05, 0) is 43.4 Å². The lowest BCUT2D eigenvalue weighted by Gasteiger charge is -2.12. The third kappa shape index (κ3) is 4.30. The molecule has 1 aromatic carbocycles. The molecule has 1 atom stereocenters. The van der Waals surface area contributed by atoms with Crippen LogP contribution in [0.4, 0.5) is 0 Å². The molecule has 1 aliphatic heterocycles. The van der Waals surface area contributed by atoms with Gasteiger partial charge in [-0.3, -0.25) is 0 Å². The van der Waals surface area contributed by atoms with E-state index in [2.05, 4.69) is 29.6 Å². The predicted octanol–water partition coefficient (Wildman–Crippen LogP) is 2.53. The monoisotopic (exact) mass is 275 g/mol. The van der Waals surface area contributed by atoms with Crippen LogP contribution in [-0.4, -0.2) is 32.4 Å². The van der Waals surface area contributed by atoms with Crippen molar-refractivity contribution in [1.82, 2.24) is 5.32 Å². The van der Waals surface area contributed by atoms with Crippen LogP contribution in [0.5, 0.6) is 0 Å². The van der Waals surface area contributed by atoms with Crippen molar-refractivity contribution in [3.8, 4) is 0 Å². The second-order valence-electron chi connectivity index (χ2n) is 5.99. The molecule has 0 radical (unpaired) electrons. The van der Waals surface area contributed by atoms with Crippen molar-refractivity contribution in [2.24, 2.45) is 5.92 Å². The van der Waals surface area contributed by atoms with E-state index in [0.717, 1.165) is 51.9 Å². The predicted molar refractivity (Wildman–Crippen MR) is 79.8 cm³/mol. The van der Waals surface area contributed by atoms with E-state index in [1.54, 1.807) is 0 Å². The van der Waals surface area contributed by atoms with Crippen LogP contribution < -0.4 is 5.32 Å². The second-order valence-corrected chi connectivity index (χ2v) is 5.99. The van der Waals surface area contributed by atoms with Gasteiger partial charge in [-0.2, -0.15) is 0 Å². The minimum Gasteiger partial charge on any atom is -0.381 e. The number of nitrogens with one attached hydrogen (secondary N) is 1. The van der Waals surface area contributed by atoms with Gasteiger partial charge < -0.3 is 14.8 Å². The lowest BCUT2D eigenvalue weighted by atomic mass is 10.1. The van der Waals surface area contributed by atoms with Crippen molar-refractivity contribution < 1.29 is 9.47 Å². The molecular weight excluding hydrogens is 250 g/mol. The smallest absolute Gasteiger partial charge is 0.0719 e. The van der Waals surface area contributed by atoms with E-state index in [1.807, 2.05) is 0 Å². The lowest BCUT2D eigenvalue weighted by Crippen LogP contribution is -2.19. The first-order valence-corrected chi connectivity index (χ1v) is 7.87. The van der Waals surface area contributed by atoms with E-state index < -0.39 is 0 Å². The molecule has 0 amide bonds. The fraction of sp³-hybridized carbons (Fsp3) is 0.647. The maximum atomic E-state index is 5.88. The van der Waals surface area contributed by atoms with Gasteiger partial charge in [-0.15, -0.1) is 0 Å². The zero-order valence-corrected chi connectivity index (χ0v) is 12.1. The van der Waals surface area contributed by atoms with Gasteiger partial charge in [-0.25, -0.2) is 0 Å². The zero-order chi connectivity index (χ0) is 13.6. The number of ether oxygens (including phenoxy) is 2. The molecule has 20 heavy (non-hydrogen) atoms. The summed E-state index contributed by atoms with van der Waals surface area (Å²) < 4.78 is 11.3. The summed E-state index contributed by atoms with van der Waals surface area (Å²) in [6.07, 6.45) is 4.96. The first-order valence-electron chi connectivity index (χ1n) is 7.87. The average Bonchev–Trinajstić information content (AvgIpc) is 3.15. The highest BCUT2D eigenvalue weighted by atomic mass is 16.5. The fourth-order valence-corrected chi connectivity index (χ4v) is 2.69. The molecule has 2 aliphatic rings. The van der Waals surface area contributed by atoms with E-state index in [1.165, 1.54) is 24.0 Å². The van der Waals surface area contributed by atoms with E-state index in [4.69, 9.17) is 9.47 Å². The molecule has 2 fully saturated rings. The van der Waals surface area contributed by atoms with Crippen LogP contribution in [0.15, 0.2) is 24.3 Å². The van der Waals surface area contributed by atoms with Gasteiger partial charge in [0, 0.05) is 18.6 Å². The summed E-state index contributed by atoms with van der Waals surface area (Å²) in [5.74, 6) is 0.596. The summed E-state index contributed by atoms with van der Waals surface area (Å²) in [7, 11) is 0. The van der Waals surface area contributed by atoms with Crippen molar-refractivity contribution in [3.63, 3.8) is 0 Å². The van der Waals surface area contributed by atoms with Gasteiger partial charge in [0.15, 0.2) is 0 Å². The van der Waals surface area contributed by atoms with Gasteiger partial charge in [0.25, 0.3) is 0 Å². The molecule has 3 heteroatoms. The van der Waals surface area contributed by atoms with E-state index in [9.17, 15) is 0 Å². The third-order valence-electron chi connectivity index (χ3n) is 4.16. The lowest BCUT2D eigenvalue weighted by molar-refractivity contribution is 0.0787. The molecule has 3 nitrogen and oxygen atoms in total. The highest BCUT2D eigenvalue weighted by molar-refractivity contribution is 5.26. The Labute approximate surface area is 121 Å². The van der Waals surface area contributed by atoms with Crippen LogP contribution in [0.25, 0.3) is 0 Å². The average molecular weight is 275 g/mol. The Hall–Kier alpha value is -0.900. The maximum Gasteiger partial charge on any atom is 0.0719 e. The zero-order valence-electron chi connectivity index (χ0n) is 12.1. The molecule has 1 saturated heterocycles. The summed E-state index contributed by atoms with van der Waals surface area (Å²) >= 11 is 0. The molecule has 1 heterocycles. The molecule has 110 valence electrons. The first kappa shape index (κ1) is 14.1. The summed E-state index contributed by atoms with van der Waals surface area (Å²) in [4.78, 5) is 0. The molecule has 1 saturated carbocycles. The molecule has 3 rings (SSSR count). The Morgan fingerprint density at radius 2 is 2.00 bits per heavy atom.